The van der Waals surface area contributed by atoms with Gasteiger partial charge >= 0.3 is 0 Å². The molecule has 1 aliphatic rings. The summed E-state index contributed by atoms with van der Waals surface area (Å²) < 4.78 is 7.77. The first kappa shape index (κ1) is 14.1. The van der Waals surface area contributed by atoms with E-state index in [2.05, 4.69) is 29.1 Å². The van der Waals surface area contributed by atoms with Crippen molar-refractivity contribution in [3.63, 3.8) is 0 Å². The fourth-order valence-corrected chi connectivity index (χ4v) is 3.12. The molecule has 2 heterocycles. The molecule has 0 radical (unpaired) electrons. The van der Waals surface area contributed by atoms with Crippen LogP contribution in [0.5, 0.6) is 5.75 Å². The molecule has 0 spiro atoms. The highest BCUT2D eigenvalue weighted by atomic mass is 16.5. The second-order valence-electron chi connectivity index (χ2n) is 5.66. The van der Waals surface area contributed by atoms with Gasteiger partial charge < -0.3 is 10.5 Å². The first-order chi connectivity index (χ1) is 10.3. The number of hydrogen-bond donors (Lipinski definition) is 1. The zero-order valence-corrected chi connectivity index (χ0v) is 12.5. The minimum Gasteiger partial charge on any atom is -0.493 e. The molecule has 2 N–H and O–H groups in total. The molecule has 2 aromatic rings. The molecular formula is C16H22N4O. The Morgan fingerprint density at radius 2 is 2.24 bits per heavy atom. The normalized spacial score (nSPS) is 20.9. The number of aromatic nitrogens is 3. The van der Waals surface area contributed by atoms with Gasteiger partial charge in [0.1, 0.15) is 17.9 Å². The first-order valence-corrected chi connectivity index (χ1v) is 7.58. The summed E-state index contributed by atoms with van der Waals surface area (Å²) in [6.07, 6.45) is 4.41. The van der Waals surface area contributed by atoms with Gasteiger partial charge in [-0.15, -0.1) is 0 Å². The van der Waals surface area contributed by atoms with Crippen molar-refractivity contribution in [2.75, 3.05) is 13.2 Å². The molecular weight excluding hydrogens is 264 g/mol. The van der Waals surface area contributed by atoms with Gasteiger partial charge in [0.15, 0.2) is 0 Å². The highest BCUT2D eigenvalue weighted by molar-refractivity contribution is 5.42. The van der Waals surface area contributed by atoms with Crippen molar-refractivity contribution in [2.45, 2.75) is 38.1 Å². The SMILES string of the molecule is CCCn1ncnc1CC1(CN)CCOc2ccccc21. The Hall–Kier alpha value is -1.88. The lowest BCUT2D eigenvalue weighted by atomic mass is 9.73. The Kier molecular flexibility index (Phi) is 3.92. The molecule has 1 unspecified atom stereocenters. The Bertz CT molecular complexity index is 610. The standard InChI is InChI=1S/C16H22N4O/c1-2-8-20-15(18-12-19-20)10-16(11-17)7-9-21-14-6-4-3-5-13(14)16/h3-6,12H,2,7-11,17H2,1H3. The van der Waals surface area contributed by atoms with E-state index < -0.39 is 0 Å². The third kappa shape index (κ3) is 2.53. The summed E-state index contributed by atoms with van der Waals surface area (Å²) >= 11 is 0. The number of nitrogens with two attached hydrogens (primary N) is 1. The Balaban J connectivity index is 1.96. The molecule has 1 aromatic heterocycles. The predicted octanol–water partition coefficient (Wildman–Crippen LogP) is 1.91. The van der Waals surface area contributed by atoms with E-state index in [9.17, 15) is 0 Å². The number of aryl methyl sites for hydroxylation is 1. The Morgan fingerprint density at radius 1 is 1.38 bits per heavy atom. The van der Waals surface area contributed by atoms with E-state index in [0.29, 0.717) is 13.2 Å². The maximum atomic E-state index is 6.18. The lowest BCUT2D eigenvalue weighted by molar-refractivity contribution is 0.212. The fraction of sp³-hybridized carbons (Fsp3) is 0.500. The van der Waals surface area contributed by atoms with Crippen LogP contribution in [0.3, 0.4) is 0 Å². The summed E-state index contributed by atoms with van der Waals surface area (Å²) in [5.41, 5.74) is 7.28. The van der Waals surface area contributed by atoms with E-state index in [1.807, 2.05) is 16.8 Å². The van der Waals surface area contributed by atoms with Gasteiger partial charge in [-0.05, 0) is 18.9 Å². The zero-order valence-electron chi connectivity index (χ0n) is 12.5. The van der Waals surface area contributed by atoms with Crippen molar-refractivity contribution in [2.24, 2.45) is 5.73 Å². The van der Waals surface area contributed by atoms with E-state index in [-0.39, 0.29) is 5.41 Å². The molecule has 3 rings (SSSR count). The average molecular weight is 286 g/mol. The van der Waals surface area contributed by atoms with E-state index in [0.717, 1.165) is 37.4 Å². The van der Waals surface area contributed by atoms with Gasteiger partial charge in [0.2, 0.25) is 0 Å². The highest BCUT2D eigenvalue weighted by Gasteiger charge is 2.37. The van der Waals surface area contributed by atoms with Crippen LogP contribution in [0.15, 0.2) is 30.6 Å². The Morgan fingerprint density at radius 3 is 3.05 bits per heavy atom. The molecule has 0 saturated carbocycles. The van der Waals surface area contributed by atoms with Crippen LogP contribution in [0.25, 0.3) is 0 Å². The molecule has 112 valence electrons. The van der Waals surface area contributed by atoms with Crippen LogP contribution in [-0.4, -0.2) is 27.9 Å². The number of fused-ring (bicyclic) bond motifs is 1. The second-order valence-corrected chi connectivity index (χ2v) is 5.66. The van der Waals surface area contributed by atoms with E-state index in [1.165, 1.54) is 5.56 Å². The molecule has 21 heavy (non-hydrogen) atoms. The molecule has 5 nitrogen and oxygen atoms in total. The number of rotatable bonds is 5. The van der Waals surface area contributed by atoms with Crippen LogP contribution in [0.1, 0.15) is 31.2 Å². The fourth-order valence-electron chi connectivity index (χ4n) is 3.12. The van der Waals surface area contributed by atoms with E-state index in [4.69, 9.17) is 10.5 Å². The molecule has 5 heteroatoms. The maximum Gasteiger partial charge on any atom is 0.138 e. The Labute approximate surface area is 125 Å². The van der Waals surface area contributed by atoms with Crippen LogP contribution in [0.2, 0.25) is 0 Å². The molecule has 1 aromatic carbocycles. The number of ether oxygens (including phenoxy) is 1. The summed E-state index contributed by atoms with van der Waals surface area (Å²) in [6, 6.07) is 8.21. The van der Waals surface area contributed by atoms with Gasteiger partial charge in [-0.1, -0.05) is 25.1 Å². The summed E-state index contributed by atoms with van der Waals surface area (Å²) in [5, 5.41) is 4.33. The first-order valence-electron chi connectivity index (χ1n) is 7.58. The topological polar surface area (TPSA) is 66.0 Å². The van der Waals surface area contributed by atoms with Crippen molar-refractivity contribution < 1.29 is 4.74 Å². The van der Waals surface area contributed by atoms with Crippen LogP contribution >= 0.6 is 0 Å². The number of nitrogens with zero attached hydrogens (tertiary/aromatic N) is 3. The van der Waals surface area contributed by atoms with Gasteiger partial charge in [-0.3, -0.25) is 4.68 Å². The smallest absolute Gasteiger partial charge is 0.138 e. The summed E-state index contributed by atoms with van der Waals surface area (Å²) in [6.45, 7) is 4.34. The zero-order chi connectivity index (χ0) is 14.7. The third-order valence-corrected chi connectivity index (χ3v) is 4.31. The molecule has 0 saturated heterocycles. The quantitative estimate of drug-likeness (QED) is 0.912. The van der Waals surface area contributed by atoms with Crippen LogP contribution in [-0.2, 0) is 18.4 Å². The van der Waals surface area contributed by atoms with Gasteiger partial charge in [-0.25, -0.2) is 4.98 Å². The molecule has 1 atom stereocenters. The molecule has 0 fully saturated rings. The minimum absolute atomic E-state index is 0.104. The van der Waals surface area contributed by atoms with Crippen LogP contribution in [0, 0.1) is 0 Å². The molecule has 0 aliphatic carbocycles. The summed E-state index contributed by atoms with van der Waals surface area (Å²) in [4.78, 5) is 4.45. The van der Waals surface area contributed by atoms with Gasteiger partial charge in [0.05, 0.1) is 6.61 Å². The van der Waals surface area contributed by atoms with Crippen molar-refractivity contribution >= 4 is 0 Å². The number of hydrogen-bond acceptors (Lipinski definition) is 4. The van der Waals surface area contributed by atoms with Crippen molar-refractivity contribution in [3.8, 4) is 5.75 Å². The van der Waals surface area contributed by atoms with Crippen molar-refractivity contribution in [1.29, 1.82) is 0 Å². The highest BCUT2D eigenvalue weighted by Crippen LogP contribution is 2.40. The van der Waals surface area contributed by atoms with E-state index in [1.54, 1.807) is 6.33 Å². The summed E-state index contributed by atoms with van der Waals surface area (Å²) in [7, 11) is 0. The van der Waals surface area contributed by atoms with E-state index >= 15 is 0 Å². The lowest BCUT2D eigenvalue weighted by Gasteiger charge is -2.37. The maximum absolute atomic E-state index is 6.18. The van der Waals surface area contributed by atoms with Gasteiger partial charge in [0, 0.05) is 30.5 Å². The molecule has 0 bridgehead atoms. The van der Waals surface area contributed by atoms with Gasteiger partial charge in [-0.2, -0.15) is 5.10 Å². The number of benzene rings is 1. The average Bonchev–Trinajstić information content (AvgIpc) is 2.95. The largest absolute Gasteiger partial charge is 0.493 e. The predicted molar refractivity (Wildman–Crippen MR) is 81.3 cm³/mol. The minimum atomic E-state index is -0.104. The van der Waals surface area contributed by atoms with Crippen LogP contribution < -0.4 is 10.5 Å². The molecule has 1 aliphatic heterocycles. The van der Waals surface area contributed by atoms with Crippen molar-refractivity contribution in [3.05, 3.63) is 42.0 Å². The molecule has 0 amide bonds. The van der Waals surface area contributed by atoms with Gasteiger partial charge in [0.25, 0.3) is 0 Å². The third-order valence-electron chi connectivity index (χ3n) is 4.31. The summed E-state index contributed by atoms with van der Waals surface area (Å²) in [5.74, 6) is 1.97. The van der Waals surface area contributed by atoms with Crippen molar-refractivity contribution in [1.82, 2.24) is 14.8 Å². The monoisotopic (exact) mass is 286 g/mol. The number of para-hydroxylation sites is 1. The van der Waals surface area contributed by atoms with Crippen LogP contribution in [0.4, 0.5) is 0 Å². The second kappa shape index (κ2) is 5.85. The lowest BCUT2D eigenvalue weighted by Crippen LogP contribution is -2.42.